The normalized spacial score (nSPS) is 13.5. The lowest BCUT2D eigenvalue weighted by atomic mass is 10.1. The van der Waals surface area contributed by atoms with Gasteiger partial charge in [0.15, 0.2) is 6.04 Å². The lowest BCUT2D eigenvalue weighted by Gasteiger charge is -2.16. The first-order chi connectivity index (χ1) is 8.43. The van der Waals surface area contributed by atoms with Gasteiger partial charge in [0.05, 0.1) is 6.61 Å². The number of carbonyl (C=O) groups is 3. The molecule has 0 radical (unpaired) electrons. The molecule has 0 heterocycles. The highest BCUT2D eigenvalue weighted by Crippen LogP contribution is 2.01. The number of esters is 1. The van der Waals surface area contributed by atoms with E-state index in [0.717, 1.165) is 6.42 Å². The van der Waals surface area contributed by atoms with E-state index in [-0.39, 0.29) is 6.61 Å². The van der Waals surface area contributed by atoms with Crippen molar-refractivity contribution < 1.29 is 24.2 Å². The van der Waals surface area contributed by atoms with Gasteiger partial charge in [-0.2, -0.15) is 0 Å². The van der Waals surface area contributed by atoms with Crippen LogP contribution in [0.5, 0.6) is 0 Å². The van der Waals surface area contributed by atoms with Crippen molar-refractivity contribution in [3.63, 3.8) is 0 Å². The molecule has 0 aliphatic rings. The van der Waals surface area contributed by atoms with E-state index in [4.69, 9.17) is 10.8 Å². The number of hydrogen-bond acceptors (Lipinski definition) is 5. The van der Waals surface area contributed by atoms with Gasteiger partial charge in [-0.25, -0.2) is 9.59 Å². The van der Waals surface area contributed by atoms with E-state index < -0.39 is 29.9 Å². The lowest BCUT2D eigenvalue weighted by Crippen LogP contribution is -2.52. The summed E-state index contributed by atoms with van der Waals surface area (Å²) in [6.07, 6.45) is 1.77. The third kappa shape index (κ3) is 5.62. The minimum absolute atomic E-state index is 0.109. The Kier molecular flexibility index (Phi) is 7.69. The highest BCUT2D eigenvalue weighted by Gasteiger charge is 2.27. The van der Waals surface area contributed by atoms with Crippen LogP contribution < -0.4 is 11.1 Å². The summed E-state index contributed by atoms with van der Waals surface area (Å²) in [7, 11) is 0. The molecule has 104 valence electrons. The Morgan fingerprint density at radius 3 is 2.39 bits per heavy atom. The number of ether oxygens (including phenoxy) is 1. The number of aliphatic carboxylic acids is 1. The SMILES string of the molecule is CCCCC(NC(=O)C(N)C(=O)OCC)C(=O)O. The highest BCUT2D eigenvalue weighted by molar-refractivity contribution is 6.02. The van der Waals surface area contributed by atoms with Gasteiger partial charge in [0.1, 0.15) is 6.04 Å². The fraction of sp³-hybridized carbons (Fsp3) is 0.727. The van der Waals surface area contributed by atoms with Crippen LogP contribution in [0.2, 0.25) is 0 Å². The fourth-order valence-corrected chi connectivity index (χ4v) is 1.27. The number of carboxylic acids is 1. The van der Waals surface area contributed by atoms with Gasteiger partial charge < -0.3 is 20.9 Å². The largest absolute Gasteiger partial charge is 0.480 e. The smallest absolute Gasteiger partial charge is 0.332 e. The van der Waals surface area contributed by atoms with E-state index in [1.54, 1.807) is 6.92 Å². The van der Waals surface area contributed by atoms with E-state index >= 15 is 0 Å². The molecule has 0 rings (SSSR count). The van der Waals surface area contributed by atoms with Gasteiger partial charge in [-0.05, 0) is 13.3 Å². The third-order valence-corrected chi connectivity index (χ3v) is 2.28. The lowest BCUT2D eigenvalue weighted by molar-refractivity contribution is -0.150. The van der Waals surface area contributed by atoms with Crippen LogP contribution in [-0.2, 0) is 19.1 Å². The van der Waals surface area contributed by atoms with E-state index in [1.807, 2.05) is 6.92 Å². The predicted molar refractivity (Wildman–Crippen MR) is 63.7 cm³/mol. The van der Waals surface area contributed by atoms with Crippen LogP contribution in [0.3, 0.4) is 0 Å². The Bertz CT molecular complexity index is 306. The summed E-state index contributed by atoms with van der Waals surface area (Å²) in [5.41, 5.74) is 5.34. The number of amides is 1. The zero-order chi connectivity index (χ0) is 14.1. The van der Waals surface area contributed by atoms with Crippen LogP contribution in [-0.4, -0.2) is 41.6 Å². The second-order valence-electron chi connectivity index (χ2n) is 3.77. The molecule has 0 spiro atoms. The van der Waals surface area contributed by atoms with Crippen LogP contribution in [0.4, 0.5) is 0 Å². The summed E-state index contributed by atoms with van der Waals surface area (Å²) >= 11 is 0. The molecule has 0 aromatic heterocycles. The topological polar surface area (TPSA) is 119 Å². The molecule has 1 amide bonds. The summed E-state index contributed by atoms with van der Waals surface area (Å²) in [5, 5.41) is 11.1. The van der Waals surface area contributed by atoms with Gasteiger partial charge in [0.25, 0.3) is 0 Å². The first-order valence-corrected chi connectivity index (χ1v) is 5.89. The summed E-state index contributed by atoms with van der Waals surface area (Å²) in [4.78, 5) is 33.6. The Hall–Kier alpha value is -1.63. The zero-order valence-corrected chi connectivity index (χ0v) is 10.6. The van der Waals surface area contributed by atoms with Gasteiger partial charge in [-0.1, -0.05) is 19.8 Å². The standard InChI is InChI=1S/C11H20N2O5/c1-3-5-6-7(10(15)16)13-9(14)8(12)11(17)18-4-2/h7-8H,3-6,12H2,1-2H3,(H,13,14)(H,15,16). The summed E-state index contributed by atoms with van der Waals surface area (Å²) in [5.74, 6) is -2.85. The summed E-state index contributed by atoms with van der Waals surface area (Å²) in [6.45, 7) is 3.60. The van der Waals surface area contributed by atoms with Gasteiger partial charge >= 0.3 is 11.9 Å². The monoisotopic (exact) mass is 260 g/mol. The summed E-state index contributed by atoms with van der Waals surface area (Å²) < 4.78 is 4.58. The molecule has 7 heteroatoms. The Morgan fingerprint density at radius 1 is 1.33 bits per heavy atom. The van der Waals surface area contributed by atoms with E-state index in [9.17, 15) is 14.4 Å². The molecule has 0 aliphatic carbocycles. The third-order valence-electron chi connectivity index (χ3n) is 2.28. The molecule has 7 nitrogen and oxygen atoms in total. The van der Waals surface area contributed by atoms with Crippen molar-refractivity contribution in [2.75, 3.05) is 6.61 Å². The van der Waals surface area contributed by atoms with Crippen molar-refractivity contribution in [2.24, 2.45) is 5.73 Å². The fourth-order valence-electron chi connectivity index (χ4n) is 1.27. The van der Waals surface area contributed by atoms with Crippen molar-refractivity contribution in [3.8, 4) is 0 Å². The Morgan fingerprint density at radius 2 is 1.94 bits per heavy atom. The average molecular weight is 260 g/mol. The summed E-state index contributed by atoms with van der Waals surface area (Å²) in [6, 6.07) is -2.52. The van der Waals surface area contributed by atoms with Crippen LogP contribution in [0.15, 0.2) is 0 Å². The van der Waals surface area contributed by atoms with Gasteiger partial charge in [-0.3, -0.25) is 4.79 Å². The minimum Gasteiger partial charge on any atom is -0.480 e. The molecule has 0 bridgehead atoms. The number of nitrogens with two attached hydrogens (primary N) is 1. The number of nitrogens with one attached hydrogen (secondary N) is 1. The maximum absolute atomic E-state index is 11.5. The van der Waals surface area contributed by atoms with Crippen LogP contribution in [0, 0.1) is 0 Å². The van der Waals surface area contributed by atoms with Gasteiger partial charge in [0, 0.05) is 0 Å². The molecule has 0 aromatic carbocycles. The Labute approximate surface area is 106 Å². The van der Waals surface area contributed by atoms with E-state index in [0.29, 0.717) is 12.8 Å². The molecule has 0 aliphatic heterocycles. The van der Waals surface area contributed by atoms with Crippen molar-refractivity contribution in [1.82, 2.24) is 5.32 Å². The molecule has 2 unspecified atom stereocenters. The van der Waals surface area contributed by atoms with Crippen LogP contribution in [0.1, 0.15) is 33.1 Å². The molecule has 0 saturated heterocycles. The van der Waals surface area contributed by atoms with E-state index in [1.165, 1.54) is 0 Å². The predicted octanol–water partition coefficient (Wildman–Crippen LogP) is -0.364. The Balaban J connectivity index is 4.40. The molecule has 18 heavy (non-hydrogen) atoms. The molecular weight excluding hydrogens is 240 g/mol. The second kappa shape index (κ2) is 8.46. The minimum atomic E-state index is -1.49. The second-order valence-corrected chi connectivity index (χ2v) is 3.77. The molecular formula is C11H20N2O5. The van der Waals surface area contributed by atoms with Crippen molar-refractivity contribution in [1.29, 1.82) is 0 Å². The molecule has 0 saturated carbocycles. The van der Waals surface area contributed by atoms with Crippen LogP contribution in [0.25, 0.3) is 0 Å². The van der Waals surface area contributed by atoms with Gasteiger partial charge in [0.2, 0.25) is 5.91 Å². The number of unbranched alkanes of at least 4 members (excludes halogenated alkanes) is 1. The van der Waals surface area contributed by atoms with E-state index in [2.05, 4.69) is 10.1 Å². The number of rotatable bonds is 8. The number of carbonyl (C=O) groups excluding carboxylic acids is 2. The number of carboxylic acid groups (broad SMARTS) is 1. The zero-order valence-electron chi connectivity index (χ0n) is 10.6. The van der Waals surface area contributed by atoms with Gasteiger partial charge in [-0.15, -0.1) is 0 Å². The maximum Gasteiger partial charge on any atom is 0.332 e. The van der Waals surface area contributed by atoms with Crippen molar-refractivity contribution >= 4 is 17.8 Å². The van der Waals surface area contributed by atoms with Crippen molar-refractivity contribution in [2.45, 2.75) is 45.2 Å². The molecule has 0 aromatic rings. The first kappa shape index (κ1) is 16.4. The number of hydrogen-bond donors (Lipinski definition) is 3. The first-order valence-electron chi connectivity index (χ1n) is 5.89. The molecule has 4 N–H and O–H groups in total. The average Bonchev–Trinajstić information content (AvgIpc) is 2.33. The quantitative estimate of drug-likeness (QED) is 0.405. The molecule has 0 fully saturated rings. The maximum atomic E-state index is 11.5. The highest BCUT2D eigenvalue weighted by atomic mass is 16.5. The van der Waals surface area contributed by atoms with Crippen molar-refractivity contribution in [3.05, 3.63) is 0 Å². The van der Waals surface area contributed by atoms with Crippen LogP contribution >= 0.6 is 0 Å². The molecule has 2 atom stereocenters.